The molecule has 0 aromatic heterocycles. The van der Waals surface area contributed by atoms with Gasteiger partial charge in [-0.05, 0) is 0 Å². The first kappa shape index (κ1) is 14.5. The summed E-state index contributed by atoms with van der Waals surface area (Å²) in [5, 5.41) is 24.5. The Hall–Kier alpha value is 0.537. The zero-order valence-corrected chi connectivity index (χ0v) is 6.69. The second-order valence-corrected chi connectivity index (χ2v) is 1.87. The summed E-state index contributed by atoms with van der Waals surface area (Å²) >= 11 is 0. The first-order chi connectivity index (χ1) is 6.24. The number of rotatable bonds is 0. The van der Waals surface area contributed by atoms with E-state index in [0.29, 0.717) is 0 Å². The van der Waals surface area contributed by atoms with Gasteiger partial charge < -0.3 is 38.0 Å². The predicted molar refractivity (Wildman–Crippen MR) is 48.2 cm³/mol. The molecule has 0 aromatic carbocycles. The average molecular weight is 197 g/mol. The molecular weight excluding hydrogens is 190 g/mol. The molecule has 0 spiro atoms. The van der Waals surface area contributed by atoms with Gasteiger partial charge in [-0.25, -0.2) is 0 Å². The average Bonchev–Trinajstić information content (AvgIpc) is 2.04. The van der Waals surface area contributed by atoms with Crippen LogP contribution in [0.2, 0.25) is 0 Å². The third-order valence-corrected chi connectivity index (χ3v) is 1.13. The number of hydrogen-bond donors (Lipinski definition) is 3. The molecule has 0 saturated carbocycles. The van der Waals surface area contributed by atoms with E-state index in [4.69, 9.17) is 15.2 Å². The molecule has 0 aromatic rings. The third-order valence-electron chi connectivity index (χ3n) is 1.13. The van der Waals surface area contributed by atoms with Gasteiger partial charge in [-0.1, -0.05) is 0 Å². The van der Waals surface area contributed by atoms with Crippen LogP contribution in [0.15, 0.2) is 0 Å². The van der Waals surface area contributed by atoms with Gasteiger partial charge in [0.15, 0.2) is 0 Å². The van der Waals surface area contributed by atoms with Gasteiger partial charge in [-0.15, -0.1) is 0 Å². The van der Waals surface area contributed by atoms with Crippen molar-refractivity contribution in [2.24, 2.45) is 0 Å². The Morgan fingerprint density at radius 1 is 0.714 bits per heavy atom. The van der Waals surface area contributed by atoms with E-state index in [1.54, 1.807) is 0 Å². The summed E-state index contributed by atoms with van der Waals surface area (Å²) in [6.45, 7) is 0. The number of fused-ring (bicyclic) bond motifs is 2. The van der Waals surface area contributed by atoms with Crippen molar-refractivity contribution >= 4 is 48.1 Å². The van der Waals surface area contributed by atoms with Gasteiger partial charge in [0.2, 0.25) is 0 Å². The van der Waals surface area contributed by atoms with E-state index in [-0.39, 0.29) is 18.9 Å². The molecule has 2 rings (SSSR count). The van der Waals surface area contributed by atoms with Gasteiger partial charge in [-0.2, -0.15) is 0 Å². The molecule has 0 aliphatic carbocycles. The van der Waals surface area contributed by atoms with Gasteiger partial charge in [0, 0.05) is 7.11 Å². The van der Waals surface area contributed by atoms with E-state index < -0.39 is 29.3 Å². The normalized spacial score (nSPS) is 19.7. The van der Waals surface area contributed by atoms with Crippen LogP contribution in [0.5, 0.6) is 0 Å². The molecule has 2 fully saturated rings. The van der Waals surface area contributed by atoms with Crippen molar-refractivity contribution in [1.29, 1.82) is 0 Å². The van der Waals surface area contributed by atoms with Crippen molar-refractivity contribution in [3.05, 3.63) is 0 Å². The van der Waals surface area contributed by atoms with Gasteiger partial charge >= 0.3 is 48.1 Å². The van der Waals surface area contributed by atoms with Gasteiger partial charge in [-0.3, -0.25) is 0 Å². The standard InChI is InChI=1S/CH4O.B4H2O7.Li.H/c1-2;5-1-7-3-9-2(6)10-4(8-1)11-3;;/h2H,1H3;5-6H;;. The molecule has 72 valence electrons. The maximum atomic E-state index is 8.74. The van der Waals surface area contributed by atoms with Crippen molar-refractivity contribution in [2.45, 2.75) is 0 Å². The van der Waals surface area contributed by atoms with Crippen molar-refractivity contribution in [2.75, 3.05) is 7.11 Å². The van der Waals surface area contributed by atoms with Crippen molar-refractivity contribution < 1.29 is 38.0 Å². The van der Waals surface area contributed by atoms with Crippen LogP contribution in [0, 0.1) is 0 Å². The monoisotopic (exact) mass is 198 g/mol. The summed E-state index contributed by atoms with van der Waals surface area (Å²) in [6, 6.07) is 0. The molecule has 2 aliphatic heterocycles. The van der Waals surface area contributed by atoms with Crippen LogP contribution >= 0.6 is 0 Å². The zero-order valence-electron chi connectivity index (χ0n) is 6.69. The SMILES string of the molecule is CO.OB1OB2OB(O)OB(O1)O2.[LiH]. The van der Waals surface area contributed by atoms with Gasteiger partial charge in [0.25, 0.3) is 0 Å². The number of aliphatic hydroxyl groups is 1. The van der Waals surface area contributed by atoms with E-state index in [2.05, 4.69) is 22.9 Å². The predicted octanol–water partition coefficient (Wildman–Crippen LogP) is -4.02. The van der Waals surface area contributed by atoms with Crippen LogP contribution in [-0.2, 0) is 22.9 Å². The minimum absolute atomic E-state index is 0. The van der Waals surface area contributed by atoms with Gasteiger partial charge in [0.05, 0.1) is 0 Å². The Kier molecular flexibility index (Phi) is 7.18. The molecule has 0 atom stereocenters. The Morgan fingerprint density at radius 3 is 1.29 bits per heavy atom. The summed E-state index contributed by atoms with van der Waals surface area (Å²) in [6.07, 6.45) is 0. The summed E-state index contributed by atoms with van der Waals surface area (Å²) in [7, 11) is -4.20. The fourth-order valence-electron chi connectivity index (χ4n) is 0.728. The fraction of sp³-hybridized carbons (Fsp3) is 1.00. The van der Waals surface area contributed by atoms with E-state index in [0.717, 1.165) is 7.11 Å². The second-order valence-electron chi connectivity index (χ2n) is 1.87. The topological polar surface area (TPSA) is 107 Å². The van der Waals surface area contributed by atoms with Gasteiger partial charge in [0.1, 0.15) is 0 Å². The van der Waals surface area contributed by atoms with Crippen LogP contribution in [0.25, 0.3) is 0 Å². The summed E-state index contributed by atoms with van der Waals surface area (Å²) in [5.74, 6) is 0. The molecule has 2 heterocycles. The maximum absolute atomic E-state index is 8.74. The molecule has 8 nitrogen and oxygen atoms in total. The quantitative estimate of drug-likeness (QED) is 0.337. The van der Waals surface area contributed by atoms with Crippen LogP contribution in [0.4, 0.5) is 0 Å². The van der Waals surface area contributed by atoms with E-state index in [1.807, 2.05) is 0 Å². The summed E-state index contributed by atoms with van der Waals surface area (Å²) < 4.78 is 22.6. The molecule has 14 heavy (non-hydrogen) atoms. The van der Waals surface area contributed by atoms with Crippen molar-refractivity contribution in [3.8, 4) is 0 Å². The molecule has 0 amide bonds. The first-order valence-electron chi connectivity index (χ1n) is 3.32. The zero-order chi connectivity index (χ0) is 9.84. The first-order valence-corrected chi connectivity index (χ1v) is 3.32. The summed E-state index contributed by atoms with van der Waals surface area (Å²) in [4.78, 5) is 0. The van der Waals surface area contributed by atoms with Crippen LogP contribution in [0.1, 0.15) is 0 Å². The number of aliphatic hydroxyl groups excluding tert-OH is 1. The fourth-order valence-corrected chi connectivity index (χ4v) is 0.728. The van der Waals surface area contributed by atoms with Crippen LogP contribution in [0.3, 0.4) is 0 Å². The van der Waals surface area contributed by atoms with Crippen molar-refractivity contribution in [1.82, 2.24) is 0 Å². The third kappa shape index (κ3) is 3.96. The molecular formula is CH7B4LiO8. The molecule has 2 aliphatic rings. The Balaban J connectivity index is 0.000000531. The van der Waals surface area contributed by atoms with E-state index in [9.17, 15) is 0 Å². The second kappa shape index (κ2) is 6.92. The van der Waals surface area contributed by atoms with E-state index in [1.165, 1.54) is 0 Å². The minimum atomic E-state index is -1.45. The molecule has 13 heteroatoms. The van der Waals surface area contributed by atoms with Crippen LogP contribution < -0.4 is 0 Å². The van der Waals surface area contributed by atoms with E-state index >= 15 is 0 Å². The Morgan fingerprint density at radius 2 is 1.00 bits per heavy atom. The molecule has 2 saturated heterocycles. The molecule has 2 bridgehead atoms. The molecule has 3 N–H and O–H groups in total. The Labute approximate surface area is 93.7 Å². The molecule has 0 unspecified atom stereocenters. The Bertz CT molecular complexity index is 127. The summed E-state index contributed by atoms with van der Waals surface area (Å²) in [5.41, 5.74) is 0. The number of hydrogen-bond acceptors (Lipinski definition) is 8. The van der Waals surface area contributed by atoms with Crippen molar-refractivity contribution in [3.63, 3.8) is 0 Å². The molecule has 0 radical (unpaired) electrons. The van der Waals surface area contributed by atoms with Crippen LogP contribution in [-0.4, -0.2) is 70.4 Å².